The number of rotatable bonds is 7. The van der Waals surface area contributed by atoms with Gasteiger partial charge in [-0.15, -0.1) is 0 Å². The van der Waals surface area contributed by atoms with Crippen LogP contribution in [0.5, 0.6) is 23.0 Å². The zero-order valence-corrected chi connectivity index (χ0v) is 16.9. The first kappa shape index (κ1) is 20.1. The fraction of sp³-hybridized carbons (Fsp3) is 0.250. The molecule has 0 atom stereocenters. The normalized spacial score (nSPS) is 13.9. The molecule has 1 fully saturated rings. The maximum atomic E-state index is 14.6. The Labute approximate surface area is 171 Å². The monoisotopic (exact) mass is 436 g/mol. The first-order valence-electron chi connectivity index (χ1n) is 9.01. The van der Waals surface area contributed by atoms with Gasteiger partial charge in [0.25, 0.3) is 0 Å². The zero-order chi connectivity index (χ0) is 21.5. The predicted molar refractivity (Wildman–Crippen MR) is 107 cm³/mol. The van der Waals surface area contributed by atoms with Gasteiger partial charge in [-0.3, -0.25) is 9.71 Å². The van der Waals surface area contributed by atoms with Crippen molar-refractivity contribution in [3.63, 3.8) is 0 Å². The number of pyridine rings is 1. The summed E-state index contributed by atoms with van der Waals surface area (Å²) >= 11 is 0. The SMILES string of the molecule is COc1cc2nccc(Oc3cc(F)c(NS(=O)(=O)C4CC4)cc3F)c2cc1OC. The number of methoxy groups -OCH3 is 2. The second-order valence-corrected chi connectivity index (χ2v) is 8.71. The summed E-state index contributed by atoms with van der Waals surface area (Å²) in [6.07, 6.45) is 2.46. The van der Waals surface area contributed by atoms with Crippen LogP contribution >= 0.6 is 0 Å². The van der Waals surface area contributed by atoms with E-state index in [0.29, 0.717) is 35.2 Å². The second-order valence-electron chi connectivity index (χ2n) is 6.74. The minimum atomic E-state index is -3.73. The number of hydrogen-bond acceptors (Lipinski definition) is 6. The van der Waals surface area contributed by atoms with Crippen molar-refractivity contribution in [3.05, 3.63) is 48.2 Å². The number of anilines is 1. The van der Waals surface area contributed by atoms with Crippen LogP contribution in [0.1, 0.15) is 12.8 Å². The average Bonchev–Trinajstić information content (AvgIpc) is 3.56. The van der Waals surface area contributed by atoms with E-state index in [2.05, 4.69) is 9.71 Å². The summed E-state index contributed by atoms with van der Waals surface area (Å²) in [5.74, 6) is -1.18. The molecular formula is C20H18F2N2O5S. The quantitative estimate of drug-likeness (QED) is 0.597. The van der Waals surface area contributed by atoms with Crippen molar-refractivity contribution in [2.24, 2.45) is 0 Å². The summed E-state index contributed by atoms with van der Waals surface area (Å²) in [5.41, 5.74) is 0.0394. The van der Waals surface area contributed by atoms with E-state index in [4.69, 9.17) is 14.2 Å². The molecule has 0 spiro atoms. The third kappa shape index (κ3) is 3.82. The van der Waals surface area contributed by atoms with Gasteiger partial charge < -0.3 is 14.2 Å². The van der Waals surface area contributed by atoms with Crippen molar-refractivity contribution in [1.29, 1.82) is 0 Å². The Morgan fingerprint density at radius 1 is 0.967 bits per heavy atom. The van der Waals surface area contributed by atoms with Gasteiger partial charge in [0.05, 0.1) is 30.7 Å². The highest BCUT2D eigenvalue weighted by Gasteiger charge is 2.36. The summed E-state index contributed by atoms with van der Waals surface area (Å²) in [7, 11) is -0.769. The third-order valence-corrected chi connectivity index (χ3v) is 6.52. The number of aromatic nitrogens is 1. The number of nitrogens with zero attached hydrogens (tertiary/aromatic N) is 1. The van der Waals surface area contributed by atoms with Gasteiger partial charge in [0.15, 0.2) is 28.9 Å². The highest BCUT2D eigenvalue weighted by molar-refractivity contribution is 7.93. The first-order valence-corrected chi connectivity index (χ1v) is 10.6. The molecule has 1 saturated carbocycles. The van der Waals surface area contributed by atoms with Gasteiger partial charge in [0.2, 0.25) is 10.0 Å². The van der Waals surface area contributed by atoms with E-state index in [0.717, 1.165) is 12.1 Å². The fourth-order valence-corrected chi connectivity index (χ4v) is 4.34. The van der Waals surface area contributed by atoms with Crippen molar-refractivity contribution >= 4 is 26.6 Å². The van der Waals surface area contributed by atoms with Gasteiger partial charge in [-0.2, -0.15) is 0 Å². The first-order chi connectivity index (χ1) is 14.3. The van der Waals surface area contributed by atoms with Crippen molar-refractivity contribution in [2.45, 2.75) is 18.1 Å². The molecule has 7 nitrogen and oxygen atoms in total. The van der Waals surface area contributed by atoms with Crippen molar-refractivity contribution in [2.75, 3.05) is 18.9 Å². The molecule has 158 valence electrons. The van der Waals surface area contributed by atoms with Crippen LogP contribution < -0.4 is 18.9 Å². The molecule has 1 N–H and O–H groups in total. The fourth-order valence-electron chi connectivity index (χ4n) is 2.95. The van der Waals surface area contributed by atoms with Crippen LogP contribution in [-0.4, -0.2) is 32.9 Å². The molecule has 30 heavy (non-hydrogen) atoms. The molecule has 1 heterocycles. The summed E-state index contributed by atoms with van der Waals surface area (Å²) in [4.78, 5) is 4.22. The molecular weight excluding hydrogens is 418 g/mol. The molecule has 2 aromatic carbocycles. The van der Waals surface area contributed by atoms with E-state index in [-0.39, 0.29) is 5.75 Å². The largest absolute Gasteiger partial charge is 0.493 e. The van der Waals surface area contributed by atoms with Crippen LogP contribution in [0.15, 0.2) is 36.5 Å². The van der Waals surface area contributed by atoms with E-state index in [1.807, 2.05) is 0 Å². The summed E-state index contributed by atoms with van der Waals surface area (Å²) < 4.78 is 71.2. The number of nitrogens with one attached hydrogen (secondary N) is 1. The predicted octanol–water partition coefficient (Wildman–Crippen LogP) is 4.23. The van der Waals surface area contributed by atoms with Crippen LogP contribution in [0, 0.1) is 11.6 Å². The minimum Gasteiger partial charge on any atom is -0.493 e. The Kier molecular flexibility index (Phi) is 5.10. The minimum absolute atomic E-state index is 0.213. The Morgan fingerprint density at radius 2 is 1.67 bits per heavy atom. The van der Waals surface area contributed by atoms with Gasteiger partial charge in [0, 0.05) is 29.8 Å². The molecule has 1 aliphatic carbocycles. The molecule has 3 aromatic rings. The van der Waals surface area contributed by atoms with Crippen molar-refractivity contribution < 1.29 is 31.4 Å². The van der Waals surface area contributed by atoms with Crippen LogP contribution in [0.4, 0.5) is 14.5 Å². The highest BCUT2D eigenvalue weighted by Crippen LogP contribution is 2.38. The maximum Gasteiger partial charge on any atom is 0.235 e. The number of benzene rings is 2. The molecule has 4 rings (SSSR count). The van der Waals surface area contributed by atoms with E-state index in [1.165, 1.54) is 26.5 Å². The molecule has 0 saturated heterocycles. The third-order valence-electron chi connectivity index (χ3n) is 4.66. The van der Waals surface area contributed by atoms with Crippen LogP contribution in [0.2, 0.25) is 0 Å². The number of sulfonamides is 1. The van der Waals surface area contributed by atoms with Gasteiger partial charge in [-0.05, 0) is 25.0 Å². The van der Waals surface area contributed by atoms with Crippen molar-refractivity contribution in [1.82, 2.24) is 4.98 Å². The smallest absolute Gasteiger partial charge is 0.235 e. The topological polar surface area (TPSA) is 86.8 Å². The lowest BCUT2D eigenvalue weighted by molar-refractivity contribution is 0.355. The number of ether oxygens (including phenoxy) is 3. The lowest BCUT2D eigenvalue weighted by Gasteiger charge is -2.14. The van der Waals surface area contributed by atoms with Crippen LogP contribution in [0.3, 0.4) is 0 Å². The van der Waals surface area contributed by atoms with Crippen LogP contribution in [-0.2, 0) is 10.0 Å². The summed E-state index contributed by atoms with van der Waals surface area (Å²) in [6.45, 7) is 0. The van der Waals surface area contributed by atoms with Gasteiger partial charge in [-0.1, -0.05) is 0 Å². The zero-order valence-electron chi connectivity index (χ0n) is 16.1. The van der Waals surface area contributed by atoms with E-state index in [9.17, 15) is 17.2 Å². The molecule has 0 aliphatic heterocycles. The van der Waals surface area contributed by atoms with Crippen molar-refractivity contribution in [3.8, 4) is 23.0 Å². The lowest BCUT2D eigenvalue weighted by Crippen LogP contribution is -2.18. The number of fused-ring (bicyclic) bond motifs is 1. The van der Waals surface area contributed by atoms with Crippen LogP contribution in [0.25, 0.3) is 10.9 Å². The Bertz CT molecular complexity index is 1230. The maximum absolute atomic E-state index is 14.6. The molecule has 10 heteroatoms. The Hall–Kier alpha value is -3.14. The average molecular weight is 436 g/mol. The highest BCUT2D eigenvalue weighted by atomic mass is 32.2. The standard InChI is InChI=1S/C20H18F2N2O5S/c1-27-19-7-12-15(10-20(19)28-2)23-6-5-17(12)29-18-9-13(21)16(8-14(18)22)24-30(25,26)11-3-4-11/h5-11,24H,3-4H2,1-2H3. The lowest BCUT2D eigenvalue weighted by atomic mass is 10.2. The second kappa shape index (κ2) is 7.60. The molecule has 0 amide bonds. The molecule has 1 aliphatic rings. The number of halogens is 2. The summed E-state index contributed by atoms with van der Waals surface area (Å²) in [5, 5.41) is -0.0699. The molecule has 0 bridgehead atoms. The molecule has 0 unspecified atom stereocenters. The number of hydrogen-bond donors (Lipinski definition) is 1. The van der Waals surface area contributed by atoms with E-state index >= 15 is 0 Å². The van der Waals surface area contributed by atoms with E-state index in [1.54, 1.807) is 12.1 Å². The van der Waals surface area contributed by atoms with E-state index < -0.39 is 38.3 Å². The molecule has 0 radical (unpaired) electrons. The van der Waals surface area contributed by atoms with Gasteiger partial charge in [-0.25, -0.2) is 17.2 Å². The Balaban J connectivity index is 1.69. The Morgan fingerprint density at radius 3 is 2.33 bits per heavy atom. The summed E-state index contributed by atoms with van der Waals surface area (Å²) in [6, 6.07) is 6.30. The molecule has 1 aromatic heterocycles. The van der Waals surface area contributed by atoms with Gasteiger partial charge in [0.1, 0.15) is 5.75 Å². The van der Waals surface area contributed by atoms with Gasteiger partial charge >= 0.3 is 0 Å².